The second kappa shape index (κ2) is 8.17. The summed E-state index contributed by atoms with van der Waals surface area (Å²) in [5, 5.41) is 7.47. The molecule has 0 aliphatic carbocycles. The van der Waals surface area contributed by atoms with Gasteiger partial charge in [0.25, 0.3) is 0 Å². The highest BCUT2D eigenvalue weighted by Crippen LogP contribution is 2.24. The molecular weight excluding hydrogens is 323 g/mol. The quantitative estimate of drug-likeness (QED) is 0.736. The van der Waals surface area contributed by atoms with Crippen molar-refractivity contribution in [3.63, 3.8) is 0 Å². The van der Waals surface area contributed by atoms with Gasteiger partial charge >= 0.3 is 0 Å². The van der Waals surface area contributed by atoms with Crippen molar-refractivity contribution < 1.29 is 4.74 Å². The fourth-order valence-electron chi connectivity index (χ4n) is 1.90. The Balaban J connectivity index is 2.08. The largest absolute Gasteiger partial charge is 0.385 e. The van der Waals surface area contributed by atoms with E-state index in [1.807, 2.05) is 13.0 Å². The van der Waals surface area contributed by atoms with Crippen LogP contribution in [0.5, 0.6) is 0 Å². The van der Waals surface area contributed by atoms with Gasteiger partial charge in [0.15, 0.2) is 0 Å². The molecular formula is C15H18Cl2N4O. The molecule has 1 aromatic heterocycles. The molecule has 2 aromatic rings. The van der Waals surface area contributed by atoms with Crippen molar-refractivity contribution in [2.24, 2.45) is 0 Å². The monoisotopic (exact) mass is 340 g/mol. The third-order valence-corrected chi connectivity index (χ3v) is 3.24. The Morgan fingerprint density at radius 3 is 2.50 bits per heavy atom. The number of ether oxygens (including phenoxy) is 1. The number of nitrogens with zero attached hydrogens (tertiary/aromatic N) is 2. The van der Waals surface area contributed by atoms with Crippen LogP contribution in [0.25, 0.3) is 0 Å². The van der Waals surface area contributed by atoms with Gasteiger partial charge in [-0.05, 0) is 31.5 Å². The second-order valence-electron chi connectivity index (χ2n) is 4.77. The highest BCUT2D eigenvalue weighted by molar-refractivity contribution is 6.35. The molecule has 0 aliphatic rings. The molecule has 1 aromatic carbocycles. The molecule has 5 nitrogen and oxygen atoms in total. The zero-order chi connectivity index (χ0) is 15.9. The lowest BCUT2D eigenvalue weighted by Gasteiger charge is -2.10. The minimum Gasteiger partial charge on any atom is -0.385 e. The summed E-state index contributed by atoms with van der Waals surface area (Å²) in [6, 6.07) is 7.10. The minimum atomic E-state index is 0.493. The topological polar surface area (TPSA) is 59.1 Å². The van der Waals surface area contributed by atoms with Crippen LogP contribution >= 0.6 is 23.2 Å². The maximum absolute atomic E-state index is 5.99. The Labute approximate surface area is 140 Å². The van der Waals surface area contributed by atoms with Crippen molar-refractivity contribution in [2.75, 3.05) is 30.9 Å². The predicted octanol–water partition coefficient (Wildman–Crippen LogP) is 4.28. The average molecular weight is 341 g/mol. The first-order valence-electron chi connectivity index (χ1n) is 6.88. The fraction of sp³-hybridized carbons (Fsp3) is 0.333. The van der Waals surface area contributed by atoms with Gasteiger partial charge in [0, 0.05) is 47.8 Å². The highest BCUT2D eigenvalue weighted by atomic mass is 35.5. The Morgan fingerprint density at radius 2 is 1.82 bits per heavy atom. The molecule has 22 heavy (non-hydrogen) atoms. The van der Waals surface area contributed by atoms with Crippen LogP contribution in [-0.2, 0) is 4.74 Å². The number of methoxy groups -OCH3 is 1. The zero-order valence-electron chi connectivity index (χ0n) is 12.5. The molecule has 0 amide bonds. The Kier molecular flexibility index (Phi) is 6.24. The van der Waals surface area contributed by atoms with E-state index >= 15 is 0 Å². The first-order valence-corrected chi connectivity index (χ1v) is 7.64. The zero-order valence-corrected chi connectivity index (χ0v) is 14.0. The van der Waals surface area contributed by atoms with Gasteiger partial charge in [-0.2, -0.15) is 4.98 Å². The predicted molar refractivity (Wildman–Crippen MR) is 91.5 cm³/mol. The van der Waals surface area contributed by atoms with E-state index in [9.17, 15) is 0 Å². The molecule has 0 unspecified atom stereocenters. The number of aryl methyl sites for hydroxylation is 1. The van der Waals surface area contributed by atoms with E-state index in [0.717, 1.165) is 30.2 Å². The van der Waals surface area contributed by atoms with E-state index in [1.165, 1.54) is 0 Å². The first-order chi connectivity index (χ1) is 10.6. The van der Waals surface area contributed by atoms with Crippen LogP contribution in [-0.4, -0.2) is 30.2 Å². The molecule has 2 rings (SSSR count). The standard InChI is InChI=1S/C15H18Cl2N4O/c1-10-6-14(18-4-3-5-22-2)21-15(19-10)20-13-8-11(16)7-12(17)9-13/h6-9H,3-5H2,1-2H3,(H2,18,19,20,21). The van der Waals surface area contributed by atoms with E-state index in [0.29, 0.717) is 22.6 Å². The minimum absolute atomic E-state index is 0.493. The van der Waals surface area contributed by atoms with Gasteiger partial charge in [0.05, 0.1) is 0 Å². The SMILES string of the molecule is COCCCNc1cc(C)nc(Nc2cc(Cl)cc(Cl)c2)n1. The molecule has 0 fully saturated rings. The normalized spacial score (nSPS) is 10.5. The molecule has 0 bridgehead atoms. The fourth-order valence-corrected chi connectivity index (χ4v) is 2.43. The molecule has 0 atom stereocenters. The maximum Gasteiger partial charge on any atom is 0.229 e. The summed E-state index contributed by atoms with van der Waals surface area (Å²) in [6.45, 7) is 3.41. The Bertz CT molecular complexity index is 617. The summed E-state index contributed by atoms with van der Waals surface area (Å²) in [5.41, 5.74) is 1.60. The van der Waals surface area contributed by atoms with Gasteiger partial charge in [-0.25, -0.2) is 4.98 Å². The number of anilines is 3. The van der Waals surface area contributed by atoms with Gasteiger partial charge in [-0.3, -0.25) is 0 Å². The van der Waals surface area contributed by atoms with Crippen molar-refractivity contribution in [3.8, 4) is 0 Å². The summed E-state index contributed by atoms with van der Waals surface area (Å²) in [7, 11) is 1.69. The number of aromatic nitrogens is 2. The van der Waals surface area contributed by atoms with E-state index in [-0.39, 0.29) is 0 Å². The molecule has 7 heteroatoms. The molecule has 118 valence electrons. The van der Waals surface area contributed by atoms with E-state index in [2.05, 4.69) is 20.6 Å². The number of hydrogen-bond donors (Lipinski definition) is 2. The number of hydrogen-bond acceptors (Lipinski definition) is 5. The molecule has 1 heterocycles. The van der Waals surface area contributed by atoms with Crippen molar-refractivity contribution in [3.05, 3.63) is 40.0 Å². The van der Waals surface area contributed by atoms with Gasteiger partial charge in [-0.15, -0.1) is 0 Å². The maximum atomic E-state index is 5.99. The summed E-state index contributed by atoms with van der Waals surface area (Å²) in [4.78, 5) is 8.79. The second-order valence-corrected chi connectivity index (χ2v) is 5.65. The van der Waals surface area contributed by atoms with Crippen LogP contribution in [0.2, 0.25) is 10.0 Å². The van der Waals surface area contributed by atoms with Gasteiger partial charge in [-0.1, -0.05) is 23.2 Å². The lowest BCUT2D eigenvalue weighted by molar-refractivity contribution is 0.198. The van der Waals surface area contributed by atoms with Crippen molar-refractivity contribution in [2.45, 2.75) is 13.3 Å². The van der Waals surface area contributed by atoms with Crippen LogP contribution in [0.3, 0.4) is 0 Å². The highest BCUT2D eigenvalue weighted by Gasteiger charge is 2.04. The summed E-state index contributed by atoms with van der Waals surface area (Å²) in [6.07, 6.45) is 0.909. The summed E-state index contributed by atoms with van der Waals surface area (Å²) >= 11 is 12.0. The van der Waals surface area contributed by atoms with Crippen molar-refractivity contribution in [1.82, 2.24) is 9.97 Å². The number of benzene rings is 1. The Morgan fingerprint density at radius 1 is 1.09 bits per heavy atom. The van der Waals surface area contributed by atoms with Crippen LogP contribution in [0.1, 0.15) is 12.1 Å². The van der Waals surface area contributed by atoms with E-state index in [4.69, 9.17) is 27.9 Å². The molecule has 0 saturated heterocycles. The van der Waals surface area contributed by atoms with Gasteiger partial charge in [0.2, 0.25) is 5.95 Å². The van der Waals surface area contributed by atoms with Crippen LogP contribution in [0.15, 0.2) is 24.3 Å². The first kappa shape index (κ1) is 16.8. The Hall–Kier alpha value is -1.56. The molecule has 0 aliphatic heterocycles. The molecule has 0 saturated carbocycles. The van der Waals surface area contributed by atoms with Crippen molar-refractivity contribution in [1.29, 1.82) is 0 Å². The van der Waals surface area contributed by atoms with Gasteiger partial charge in [0.1, 0.15) is 5.82 Å². The van der Waals surface area contributed by atoms with E-state index in [1.54, 1.807) is 25.3 Å². The molecule has 0 radical (unpaired) electrons. The molecule has 0 spiro atoms. The van der Waals surface area contributed by atoms with Crippen molar-refractivity contribution >= 4 is 40.7 Å². The van der Waals surface area contributed by atoms with Crippen LogP contribution < -0.4 is 10.6 Å². The number of halogens is 2. The van der Waals surface area contributed by atoms with E-state index < -0.39 is 0 Å². The average Bonchev–Trinajstić information content (AvgIpc) is 2.42. The summed E-state index contributed by atoms with van der Waals surface area (Å²) in [5.74, 6) is 1.26. The molecule has 2 N–H and O–H groups in total. The number of rotatable bonds is 7. The lowest BCUT2D eigenvalue weighted by atomic mass is 10.3. The van der Waals surface area contributed by atoms with Crippen LogP contribution in [0.4, 0.5) is 17.5 Å². The van der Waals surface area contributed by atoms with Crippen LogP contribution in [0, 0.1) is 6.92 Å². The summed E-state index contributed by atoms with van der Waals surface area (Å²) < 4.78 is 5.02. The smallest absolute Gasteiger partial charge is 0.229 e. The third-order valence-electron chi connectivity index (χ3n) is 2.80. The lowest BCUT2D eigenvalue weighted by Crippen LogP contribution is -2.08. The third kappa shape index (κ3) is 5.33. The number of nitrogens with one attached hydrogen (secondary N) is 2. The van der Waals surface area contributed by atoms with Gasteiger partial charge < -0.3 is 15.4 Å².